The zero-order chi connectivity index (χ0) is 22.1. The summed E-state index contributed by atoms with van der Waals surface area (Å²) < 4.78 is 5.43. The number of aliphatic hydroxyl groups excluding tert-OH is 1. The van der Waals surface area contributed by atoms with Gasteiger partial charge in [-0.1, -0.05) is 48.5 Å². The van der Waals surface area contributed by atoms with Gasteiger partial charge in [0.05, 0.1) is 6.10 Å². The van der Waals surface area contributed by atoms with Gasteiger partial charge in [0.15, 0.2) is 0 Å². The maximum atomic E-state index is 12.6. The Bertz CT molecular complexity index is 977. The molecule has 0 spiro atoms. The molecule has 0 aromatic heterocycles. The van der Waals surface area contributed by atoms with Crippen molar-refractivity contribution in [3.05, 3.63) is 59.7 Å². The molecule has 0 bridgehead atoms. The third-order valence-electron chi connectivity index (χ3n) is 5.90. The second kappa shape index (κ2) is 8.39. The van der Waals surface area contributed by atoms with Crippen LogP contribution in [0.15, 0.2) is 48.5 Å². The van der Waals surface area contributed by atoms with Gasteiger partial charge < -0.3 is 25.2 Å². The van der Waals surface area contributed by atoms with Crippen molar-refractivity contribution in [1.29, 1.82) is 0 Å². The maximum Gasteiger partial charge on any atom is 0.407 e. The number of nitrogens with one attached hydrogen (secondary N) is 1. The molecule has 4 rings (SSSR count). The zero-order valence-corrected chi connectivity index (χ0v) is 17.0. The fourth-order valence-corrected chi connectivity index (χ4v) is 4.42. The number of carbonyl (C=O) groups excluding carboxylic acids is 2. The summed E-state index contributed by atoms with van der Waals surface area (Å²) in [4.78, 5) is 37.4. The van der Waals surface area contributed by atoms with E-state index >= 15 is 0 Å². The molecular weight excluding hydrogens is 400 g/mol. The van der Waals surface area contributed by atoms with Crippen LogP contribution >= 0.6 is 0 Å². The first kappa shape index (κ1) is 20.9. The highest BCUT2D eigenvalue weighted by molar-refractivity contribution is 5.89. The predicted octanol–water partition coefficient (Wildman–Crippen LogP) is 1.96. The number of aliphatic hydroxyl groups is 1. The molecule has 2 aliphatic rings. The topological polar surface area (TPSA) is 116 Å². The summed E-state index contributed by atoms with van der Waals surface area (Å²) >= 11 is 0. The van der Waals surface area contributed by atoms with Crippen LogP contribution < -0.4 is 5.32 Å². The highest BCUT2D eigenvalue weighted by atomic mass is 16.5. The maximum absolute atomic E-state index is 12.6. The minimum absolute atomic E-state index is 0.0290. The Morgan fingerprint density at radius 3 is 2.26 bits per heavy atom. The van der Waals surface area contributed by atoms with Crippen LogP contribution in [-0.4, -0.2) is 64.4 Å². The molecule has 0 saturated carbocycles. The summed E-state index contributed by atoms with van der Waals surface area (Å²) in [6.45, 7) is 1.50. The van der Waals surface area contributed by atoms with E-state index in [1.165, 1.54) is 6.92 Å². The molecule has 31 heavy (non-hydrogen) atoms. The average molecular weight is 424 g/mol. The lowest BCUT2D eigenvalue weighted by atomic mass is 9.98. The van der Waals surface area contributed by atoms with Crippen molar-refractivity contribution >= 4 is 18.0 Å². The summed E-state index contributed by atoms with van der Waals surface area (Å²) in [7, 11) is 0. The van der Waals surface area contributed by atoms with E-state index in [1.807, 2.05) is 48.5 Å². The minimum Gasteiger partial charge on any atom is -0.480 e. The van der Waals surface area contributed by atoms with Crippen LogP contribution in [0.2, 0.25) is 0 Å². The summed E-state index contributed by atoms with van der Waals surface area (Å²) in [6, 6.07) is 13.9. The van der Waals surface area contributed by atoms with Crippen molar-refractivity contribution in [2.75, 3.05) is 13.2 Å². The normalized spacial score (nSPS) is 20.6. The molecule has 2 aromatic carbocycles. The lowest BCUT2D eigenvalue weighted by Gasteiger charge is -2.25. The van der Waals surface area contributed by atoms with E-state index in [2.05, 4.69) is 5.32 Å². The van der Waals surface area contributed by atoms with Gasteiger partial charge in [-0.25, -0.2) is 9.59 Å². The van der Waals surface area contributed by atoms with Crippen LogP contribution in [0.4, 0.5) is 4.79 Å². The number of hydrogen-bond donors (Lipinski definition) is 3. The number of ether oxygens (including phenoxy) is 1. The SMILES string of the molecule is C[C@H](NC(=O)OCC1c2ccccc2-c2ccccc21)C(=O)N1C[C@H](O)C[C@@H]1C(=O)O. The number of carboxylic acid groups (broad SMARTS) is 1. The largest absolute Gasteiger partial charge is 0.480 e. The number of β-amino-alcohol motifs (C(OH)–C–C–N with tert-alkyl or cyclic N) is 1. The summed E-state index contributed by atoms with van der Waals surface area (Å²) in [6.07, 6.45) is -1.68. The molecule has 8 nitrogen and oxygen atoms in total. The first-order valence-corrected chi connectivity index (χ1v) is 10.2. The smallest absolute Gasteiger partial charge is 0.407 e. The predicted molar refractivity (Wildman–Crippen MR) is 111 cm³/mol. The Balaban J connectivity index is 1.39. The van der Waals surface area contributed by atoms with E-state index in [9.17, 15) is 24.6 Å². The van der Waals surface area contributed by atoms with Gasteiger partial charge in [-0.05, 0) is 29.2 Å². The van der Waals surface area contributed by atoms with E-state index in [0.717, 1.165) is 27.2 Å². The van der Waals surface area contributed by atoms with Crippen molar-refractivity contribution in [3.8, 4) is 11.1 Å². The van der Waals surface area contributed by atoms with Crippen molar-refractivity contribution in [3.63, 3.8) is 0 Å². The number of carbonyl (C=O) groups is 3. The Hall–Kier alpha value is -3.39. The number of hydrogen-bond acceptors (Lipinski definition) is 5. The molecule has 1 saturated heterocycles. The van der Waals surface area contributed by atoms with Gasteiger partial charge >= 0.3 is 12.1 Å². The number of aliphatic carboxylic acids is 1. The van der Waals surface area contributed by atoms with Crippen LogP contribution in [0.3, 0.4) is 0 Å². The van der Waals surface area contributed by atoms with Crippen LogP contribution in [0.1, 0.15) is 30.4 Å². The van der Waals surface area contributed by atoms with Crippen LogP contribution in [0, 0.1) is 0 Å². The average Bonchev–Trinajstić information content (AvgIpc) is 3.30. The number of likely N-dealkylation sites (tertiary alicyclic amines) is 1. The number of nitrogens with zero attached hydrogens (tertiary/aromatic N) is 1. The van der Waals surface area contributed by atoms with Crippen LogP contribution in [0.5, 0.6) is 0 Å². The van der Waals surface area contributed by atoms with Gasteiger partial charge in [0, 0.05) is 18.9 Å². The highest BCUT2D eigenvalue weighted by Crippen LogP contribution is 2.44. The monoisotopic (exact) mass is 424 g/mol. The molecule has 162 valence electrons. The standard InChI is InChI=1S/C23H24N2O6/c1-13(21(27)25-11-14(26)10-20(25)22(28)29)24-23(30)31-12-19-17-8-4-2-6-15(17)16-7-3-5-9-18(16)19/h2-9,13-14,19-20,26H,10-12H2,1H3,(H,24,30)(H,28,29)/t13-,14+,20+/m0/s1. The Morgan fingerprint density at radius 2 is 1.68 bits per heavy atom. The molecule has 8 heteroatoms. The fourth-order valence-electron chi connectivity index (χ4n) is 4.42. The number of alkyl carbamates (subject to hydrolysis) is 1. The van der Waals surface area contributed by atoms with Gasteiger partial charge in [-0.15, -0.1) is 0 Å². The van der Waals surface area contributed by atoms with Gasteiger partial charge in [0.25, 0.3) is 0 Å². The molecule has 3 N–H and O–H groups in total. The molecule has 2 aromatic rings. The number of amides is 2. The Morgan fingerprint density at radius 1 is 1.10 bits per heavy atom. The summed E-state index contributed by atoms with van der Waals surface area (Å²) in [5.41, 5.74) is 4.39. The molecule has 0 unspecified atom stereocenters. The highest BCUT2D eigenvalue weighted by Gasteiger charge is 2.40. The third kappa shape index (κ3) is 3.98. The fraction of sp³-hybridized carbons (Fsp3) is 0.348. The molecule has 1 aliphatic carbocycles. The van der Waals surface area contributed by atoms with E-state index in [4.69, 9.17) is 4.74 Å². The molecule has 0 radical (unpaired) electrons. The second-order valence-electron chi connectivity index (χ2n) is 7.93. The second-order valence-corrected chi connectivity index (χ2v) is 7.93. The quantitative estimate of drug-likeness (QED) is 0.676. The number of rotatable bonds is 5. The number of carboxylic acids is 1. The van der Waals surface area contributed by atoms with E-state index in [0.29, 0.717) is 0 Å². The Labute approximate surface area is 179 Å². The van der Waals surface area contributed by atoms with Gasteiger partial charge in [-0.2, -0.15) is 0 Å². The van der Waals surface area contributed by atoms with Gasteiger partial charge in [-0.3, -0.25) is 4.79 Å². The molecule has 3 atom stereocenters. The van der Waals surface area contributed by atoms with E-state index < -0.39 is 36.2 Å². The van der Waals surface area contributed by atoms with Crippen LogP contribution in [0.25, 0.3) is 11.1 Å². The summed E-state index contributed by atoms with van der Waals surface area (Å²) in [5, 5.41) is 21.5. The number of benzene rings is 2. The van der Waals surface area contributed by atoms with Crippen molar-refractivity contribution in [2.45, 2.75) is 37.5 Å². The van der Waals surface area contributed by atoms with Crippen molar-refractivity contribution in [2.24, 2.45) is 0 Å². The van der Waals surface area contributed by atoms with Crippen molar-refractivity contribution < 1.29 is 29.3 Å². The van der Waals surface area contributed by atoms with E-state index in [1.54, 1.807) is 0 Å². The summed E-state index contributed by atoms with van der Waals surface area (Å²) in [5.74, 6) is -1.86. The zero-order valence-electron chi connectivity index (χ0n) is 17.0. The van der Waals surface area contributed by atoms with Crippen LogP contribution in [-0.2, 0) is 14.3 Å². The Kier molecular flexibility index (Phi) is 5.65. The molecular formula is C23H24N2O6. The first-order valence-electron chi connectivity index (χ1n) is 10.2. The molecule has 2 amide bonds. The molecule has 1 aliphatic heterocycles. The molecule has 1 fully saturated rings. The van der Waals surface area contributed by atoms with Crippen molar-refractivity contribution in [1.82, 2.24) is 10.2 Å². The number of fused-ring (bicyclic) bond motifs is 3. The minimum atomic E-state index is -1.18. The van der Waals surface area contributed by atoms with E-state index in [-0.39, 0.29) is 25.5 Å². The van der Waals surface area contributed by atoms with Gasteiger partial charge in [0.1, 0.15) is 18.7 Å². The third-order valence-corrected chi connectivity index (χ3v) is 5.90. The lowest BCUT2D eigenvalue weighted by molar-refractivity contribution is -0.148. The van der Waals surface area contributed by atoms with Gasteiger partial charge in [0.2, 0.25) is 5.91 Å². The molecule has 1 heterocycles. The lowest BCUT2D eigenvalue weighted by Crippen LogP contribution is -2.50. The first-order chi connectivity index (χ1) is 14.9.